The molecule has 0 unspecified atom stereocenters. The van der Waals surface area contributed by atoms with Crippen LogP contribution in [-0.4, -0.2) is 28.5 Å². The lowest BCUT2D eigenvalue weighted by Gasteiger charge is -2.22. The van der Waals surface area contributed by atoms with Crippen LogP contribution in [-0.2, 0) is 6.54 Å². The van der Waals surface area contributed by atoms with E-state index in [2.05, 4.69) is 20.3 Å². The van der Waals surface area contributed by atoms with Gasteiger partial charge in [-0.25, -0.2) is 9.37 Å². The molecule has 0 saturated heterocycles. The molecule has 0 aliphatic heterocycles. The number of nitrogens with zero attached hydrogens (tertiary/aromatic N) is 4. The molecule has 2 aromatic heterocycles. The Hall–Kier alpha value is -2.24. The fourth-order valence-electron chi connectivity index (χ4n) is 1.92. The molecule has 106 valence electrons. The molecule has 5 nitrogen and oxygen atoms in total. The van der Waals surface area contributed by atoms with Crippen LogP contribution in [0.4, 0.5) is 16.2 Å². The molecule has 0 aliphatic carbocycles. The smallest absolute Gasteiger partial charge is 0.224 e. The van der Waals surface area contributed by atoms with E-state index < -0.39 is 5.82 Å². The van der Waals surface area contributed by atoms with E-state index in [9.17, 15) is 4.39 Å². The number of hydrogen-bond donors (Lipinski definition) is 1. The number of aromatic nitrogens is 3. The molecule has 0 aliphatic rings. The molecule has 2 heterocycles. The van der Waals surface area contributed by atoms with Crippen LogP contribution in [0.15, 0.2) is 24.4 Å². The zero-order valence-electron chi connectivity index (χ0n) is 11.9. The Kier molecular flexibility index (Phi) is 4.45. The number of nitrogens with one attached hydrogen (secondary N) is 1. The predicted octanol–water partition coefficient (Wildman–Crippen LogP) is 2.39. The van der Waals surface area contributed by atoms with Crippen molar-refractivity contribution in [2.45, 2.75) is 20.4 Å². The first kappa shape index (κ1) is 14.2. The molecule has 6 heteroatoms. The average Bonchev–Trinajstić information content (AvgIpc) is 2.46. The second-order valence-corrected chi connectivity index (χ2v) is 4.40. The van der Waals surface area contributed by atoms with Gasteiger partial charge in [0.2, 0.25) is 5.95 Å². The minimum absolute atomic E-state index is 0.287. The van der Waals surface area contributed by atoms with Crippen molar-refractivity contribution in [1.82, 2.24) is 15.0 Å². The van der Waals surface area contributed by atoms with Crippen molar-refractivity contribution in [2.75, 3.05) is 23.8 Å². The van der Waals surface area contributed by atoms with E-state index in [0.717, 1.165) is 11.4 Å². The highest BCUT2D eigenvalue weighted by Gasteiger charge is 2.14. The largest absolute Gasteiger partial charge is 0.357 e. The topological polar surface area (TPSA) is 53.9 Å². The summed E-state index contributed by atoms with van der Waals surface area (Å²) in [5.74, 6) is 0.255. The van der Waals surface area contributed by atoms with Gasteiger partial charge in [-0.2, -0.15) is 4.98 Å². The van der Waals surface area contributed by atoms with Gasteiger partial charge in [-0.3, -0.25) is 4.98 Å². The minimum Gasteiger partial charge on any atom is -0.357 e. The lowest BCUT2D eigenvalue weighted by Crippen LogP contribution is -2.25. The summed E-state index contributed by atoms with van der Waals surface area (Å²) in [6.45, 7) is 5.03. The first-order valence-corrected chi connectivity index (χ1v) is 6.51. The number of aryl methyl sites for hydroxylation is 1. The Morgan fingerprint density at radius 1 is 1.30 bits per heavy atom. The zero-order chi connectivity index (χ0) is 14.5. The number of hydrogen-bond acceptors (Lipinski definition) is 5. The fraction of sp³-hybridized carbons (Fsp3) is 0.357. The van der Waals surface area contributed by atoms with E-state index in [-0.39, 0.29) is 5.82 Å². The van der Waals surface area contributed by atoms with E-state index in [1.54, 1.807) is 7.05 Å². The summed E-state index contributed by atoms with van der Waals surface area (Å²) < 4.78 is 13.9. The molecule has 20 heavy (non-hydrogen) atoms. The van der Waals surface area contributed by atoms with Crippen molar-refractivity contribution < 1.29 is 4.39 Å². The molecule has 0 fully saturated rings. The van der Waals surface area contributed by atoms with Crippen molar-refractivity contribution in [2.24, 2.45) is 0 Å². The Morgan fingerprint density at radius 3 is 2.75 bits per heavy atom. The number of halogens is 1. The highest BCUT2D eigenvalue weighted by Crippen LogP contribution is 2.19. The Labute approximate surface area is 117 Å². The van der Waals surface area contributed by atoms with Gasteiger partial charge in [0.15, 0.2) is 11.6 Å². The van der Waals surface area contributed by atoms with E-state index in [4.69, 9.17) is 0 Å². The van der Waals surface area contributed by atoms with Gasteiger partial charge in [0.05, 0.1) is 18.4 Å². The Balaban J connectivity index is 2.28. The maximum atomic E-state index is 13.9. The molecule has 0 aromatic carbocycles. The standard InChI is InChI=1S/C14H18FN5/c1-4-20(9-11-7-5-6-10(2)18-11)13-12(15)8-17-14(16-3)19-13/h5-8H,4,9H2,1-3H3,(H,16,17,19). The number of anilines is 2. The quantitative estimate of drug-likeness (QED) is 0.908. The monoisotopic (exact) mass is 275 g/mol. The summed E-state index contributed by atoms with van der Waals surface area (Å²) in [5.41, 5.74) is 1.83. The summed E-state index contributed by atoms with van der Waals surface area (Å²) in [6.07, 6.45) is 1.18. The molecular weight excluding hydrogens is 257 g/mol. The van der Waals surface area contributed by atoms with Gasteiger partial charge in [-0.1, -0.05) is 6.07 Å². The Morgan fingerprint density at radius 2 is 2.10 bits per heavy atom. The molecule has 0 saturated carbocycles. The molecule has 0 amide bonds. The van der Waals surface area contributed by atoms with Gasteiger partial charge in [-0.15, -0.1) is 0 Å². The molecule has 2 aromatic rings. The number of rotatable bonds is 5. The van der Waals surface area contributed by atoms with Crippen molar-refractivity contribution in [3.05, 3.63) is 41.6 Å². The van der Waals surface area contributed by atoms with Crippen LogP contribution in [0.2, 0.25) is 0 Å². The molecule has 0 radical (unpaired) electrons. The lowest BCUT2D eigenvalue weighted by molar-refractivity contribution is 0.602. The molecular formula is C14H18FN5. The van der Waals surface area contributed by atoms with E-state index >= 15 is 0 Å². The molecule has 2 rings (SSSR count). The van der Waals surface area contributed by atoms with E-state index in [1.807, 2.05) is 36.9 Å². The molecule has 0 atom stereocenters. The van der Waals surface area contributed by atoms with E-state index in [0.29, 0.717) is 19.0 Å². The van der Waals surface area contributed by atoms with Crippen molar-refractivity contribution in [3.63, 3.8) is 0 Å². The van der Waals surface area contributed by atoms with E-state index in [1.165, 1.54) is 6.20 Å². The zero-order valence-corrected chi connectivity index (χ0v) is 11.9. The number of pyridine rings is 1. The van der Waals surface area contributed by atoms with Crippen molar-refractivity contribution >= 4 is 11.8 Å². The molecule has 0 bridgehead atoms. The van der Waals surface area contributed by atoms with Crippen molar-refractivity contribution in [1.29, 1.82) is 0 Å². The summed E-state index contributed by atoms with van der Waals surface area (Å²) in [7, 11) is 1.70. The highest BCUT2D eigenvalue weighted by molar-refractivity contribution is 5.44. The van der Waals surface area contributed by atoms with Crippen LogP contribution in [0.1, 0.15) is 18.3 Å². The van der Waals surface area contributed by atoms with Gasteiger partial charge < -0.3 is 10.2 Å². The summed E-state index contributed by atoms with van der Waals surface area (Å²) in [6, 6.07) is 5.80. The average molecular weight is 275 g/mol. The third-order valence-corrected chi connectivity index (χ3v) is 2.93. The first-order valence-electron chi connectivity index (χ1n) is 6.51. The summed E-state index contributed by atoms with van der Waals surface area (Å²) in [4.78, 5) is 14.3. The Bertz CT molecular complexity index is 588. The SMILES string of the molecule is CCN(Cc1cccc(C)n1)c1nc(NC)ncc1F. The van der Waals surface area contributed by atoms with Crippen LogP contribution in [0.5, 0.6) is 0 Å². The lowest BCUT2D eigenvalue weighted by atomic mass is 10.3. The van der Waals surface area contributed by atoms with Crippen LogP contribution < -0.4 is 10.2 Å². The van der Waals surface area contributed by atoms with Crippen LogP contribution in [0.25, 0.3) is 0 Å². The van der Waals surface area contributed by atoms with Crippen LogP contribution >= 0.6 is 0 Å². The predicted molar refractivity (Wildman–Crippen MR) is 77.2 cm³/mol. The molecule has 1 N–H and O–H groups in total. The second-order valence-electron chi connectivity index (χ2n) is 4.40. The van der Waals surface area contributed by atoms with Crippen LogP contribution in [0.3, 0.4) is 0 Å². The first-order chi connectivity index (χ1) is 9.63. The third-order valence-electron chi connectivity index (χ3n) is 2.93. The second kappa shape index (κ2) is 6.27. The molecule has 0 spiro atoms. The fourth-order valence-corrected chi connectivity index (χ4v) is 1.92. The maximum absolute atomic E-state index is 13.9. The van der Waals surface area contributed by atoms with Gasteiger partial charge >= 0.3 is 0 Å². The normalized spacial score (nSPS) is 10.4. The van der Waals surface area contributed by atoms with Gasteiger partial charge in [0.25, 0.3) is 0 Å². The third kappa shape index (κ3) is 3.20. The van der Waals surface area contributed by atoms with Crippen LogP contribution in [0, 0.1) is 12.7 Å². The highest BCUT2D eigenvalue weighted by atomic mass is 19.1. The van der Waals surface area contributed by atoms with Gasteiger partial charge in [0.1, 0.15) is 0 Å². The van der Waals surface area contributed by atoms with Gasteiger partial charge in [-0.05, 0) is 26.0 Å². The maximum Gasteiger partial charge on any atom is 0.224 e. The van der Waals surface area contributed by atoms with Crippen molar-refractivity contribution in [3.8, 4) is 0 Å². The summed E-state index contributed by atoms with van der Waals surface area (Å²) >= 11 is 0. The minimum atomic E-state index is -0.432. The van der Waals surface area contributed by atoms with Gasteiger partial charge in [0, 0.05) is 19.3 Å². The summed E-state index contributed by atoms with van der Waals surface area (Å²) in [5, 5.41) is 2.82.